The third-order valence-corrected chi connectivity index (χ3v) is 3.82. The molecule has 0 bridgehead atoms. The summed E-state index contributed by atoms with van der Waals surface area (Å²) in [6.45, 7) is 0. The number of nitro groups is 1. The first-order valence-corrected chi connectivity index (χ1v) is 5.84. The molecule has 0 aliphatic rings. The molecule has 8 nitrogen and oxygen atoms in total. The molecule has 92 valence electrons. The highest BCUT2D eigenvalue weighted by molar-refractivity contribution is 7.92. The Morgan fingerprint density at radius 1 is 1.29 bits per heavy atom. The van der Waals surface area contributed by atoms with Crippen LogP contribution in [0.5, 0.6) is 0 Å². The van der Waals surface area contributed by atoms with Gasteiger partial charge in [0.05, 0.1) is 9.82 Å². The van der Waals surface area contributed by atoms with Gasteiger partial charge in [0.2, 0.25) is 15.7 Å². The van der Waals surface area contributed by atoms with Gasteiger partial charge in [-0.15, -0.1) is 0 Å². The monoisotopic (exact) mass is 259 g/mol. The highest BCUT2D eigenvalue weighted by atomic mass is 32.2. The zero-order chi connectivity index (χ0) is 13.2. The van der Waals surface area contributed by atoms with Crippen LogP contribution >= 0.6 is 0 Å². The highest BCUT2D eigenvalue weighted by Gasteiger charge is 2.28. The van der Waals surface area contributed by atoms with Gasteiger partial charge < -0.3 is 11.5 Å². The van der Waals surface area contributed by atoms with Crippen molar-refractivity contribution >= 4 is 21.4 Å². The molecule has 1 amide bonds. The van der Waals surface area contributed by atoms with Gasteiger partial charge in [-0.3, -0.25) is 14.9 Å². The van der Waals surface area contributed by atoms with Gasteiger partial charge in [-0.05, 0) is 12.1 Å². The van der Waals surface area contributed by atoms with Crippen LogP contribution in [0.3, 0.4) is 0 Å². The SMILES string of the molecule is NC(=O)C(N)S(=O)(=O)c1ccc([N+](=O)[O-])cc1. The second-order valence-electron chi connectivity index (χ2n) is 3.12. The number of rotatable bonds is 4. The van der Waals surface area contributed by atoms with E-state index in [-0.39, 0.29) is 10.6 Å². The number of non-ortho nitro benzene ring substituents is 1. The Hall–Kier alpha value is -2.00. The zero-order valence-corrected chi connectivity index (χ0v) is 9.25. The molecule has 9 heteroatoms. The van der Waals surface area contributed by atoms with Crippen molar-refractivity contribution in [1.82, 2.24) is 0 Å². The van der Waals surface area contributed by atoms with E-state index in [1.807, 2.05) is 0 Å². The molecular formula is C8H9N3O5S. The molecule has 0 saturated carbocycles. The predicted octanol–water partition coefficient (Wildman–Crippen LogP) is -0.861. The minimum atomic E-state index is -4.10. The lowest BCUT2D eigenvalue weighted by atomic mass is 10.3. The van der Waals surface area contributed by atoms with Crippen LogP contribution < -0.4 is 11.5 Å². The molecule has 4 N–H and O–H groups in total. The number of nitrogens with two attached hydrogens (primary N) is 2. The predicted molar refractivity (Wildman–Crippen MR) is 57.5 cm³/mol. The van der Waals surface area contributed by atoms with Crippen molar-refractivity contribution in [1.29, 1.82) is 0 Å². The molecule has 1 aromatic rings. The van der Waals surface area contributed by atoms with Crippen LogP contribution in [-0.4, -0.2) is 24.6 Å². The summed E-state index contributed by atoms with van der Waals surface area (Å²) >= 11 is 0. The first-order chi connectivity index (χ1) is 7.76. The first-order valence-electron chi connectivity index (χ1n) is 4.30. The van der Waals surface area contributed by atoms with Gasteiger partial charge in [-0.1, -0.05) is 0 Å². The van der Waals surface area contributed by atoms with E-state index in [2.05, 4.69) is 0 Å². The summed E-state index contributed by atoms with van der Waals surface area (Å²) in [7, 11) is -4.10. The van der Waals surface area contributed by atoms with Crippen molar-refractivity contribution in [3.05, 3.63) is 34.4 Å². The minimum Gasteiger partial charge on any atom is -0.367 e. The lowest BCUT2D eigenvalue weighted by Gasteiger charge is -2.08. The number of carbonyl (C=O) groups is 1. The van der Waals surface area contributed by atoms with Crippen LogP contribution in [0.1, 0.15) is 0 Å². The van der Waals surface area contributed by atoms with Gasteiger partial charge in [0, 0.05) is 12.1 Å². The van der Waals surface area contributed by atoms with E-state index in [1.54, 1.807) is 0 Å². The first kappa shape index (κ1) is 13.1. The molecule has 0 aliphatic carbocycles. The lowest BCUT2D eigenvalue weighted by Crippen LogP contribution is -2.43. The molecule has 0 saturated heterocycles. The normalized spacial score (nSPS) is 13.0. The van der Waals surface area contributed by atoms with Crippen molar-refractivity contribution < 1.29 is 18.1 Å². The fraction of sp³-hybridized carbons (Fsp3) is 0.125. The van der Waals surface area contributed by atoms with Crippen LogP contribution in [0, 0.1) is 10.1 Å². The quantitative estimate of drug-likeness (QED) is 0.531. The standard InChI is InChI=1S/C8H9N3O5S/c9-7(12)8(10)17(15,16)6-3-1-5(2-4-6)11(13)14/h1-4,8H,10H2,(H2,9,12). The molecule has 0 aliphatic heterocycles. The zero-order valence-electron chi connectivity index (χ0n) is 8.44. The van der Waals surface area contributed by atoms with Crippen LogP contribution in [0.15, 0.2) is 29.2 Å². The summed E-state index contributed by atoms with van der Waals surface area (Å²) in [5.74, 6) is -1.19. The molecule has 0 aromatic heterocycles. The Bertz CT molecular complexity index is 551. The van der Waals surface area contributed by atoms with E-state index in [1.165, 1.54) is 0 Å². The van der Waals surface area contributed by atoms with Crippen molar-refractivity contribution in [2.45, 2.75) is 10.3 Å². The summed E-state index contributed by atoms with van der Waals surface area (Å²) < 4.78 is 23.3. The van der Waals surface area contributed by atoms with E-state index in [4.69, 9.17) is 11.5 Å². The van der Waals surface area contributed by atoms with Gasteiger partial charge in [0.1, 0.15) is 0 Å². The van der Waals surface area contributed by atoms with Crippen molar-refractivity contribution in [3.8, 4) is 0 Å². The number of hydrogen-bond acceptors (Lipinski definition) is 6. The molecule has 0 radical (unpaired) electrons. The Labute approximate surface area is 96.3 Å². The van der Waals surface area contributed by atoms with Crippen LogP contribution in [0.2, 0.25) is 0 Å². The van der Waals surface area contributed by atoms with E-state index >= 15 is 0 Å². The Balaban J connectivity index is 3.17. The molecule has 1 atom stereocenters. The largest absolute Gasteiger partial charge is 0.367 e. The number of nitrogens with zero attached hydrogens (tertiary/aromatic N) is 1. The molecule has 0 spiro atoms. The Kier molecular flexibility index (Phi) is 3.44. The third-order valence-electron chi connectivity index (χ3n) is 1.99. The second kappa shape index (κ2) is 4.47. The summed E-state index contributed by atoms with van der Waals surface area (Å²) in [5.41, 5.74) is 9.65. The van der Waals surface area contributed by atoms with E-state index < -0.39 is 26.0 Å². The number of nitro benzene ring substituents is 1. The van der Waals surface area contributed by atoms with E-state index in [0.717, 1.165) is 24.3 Å². The molecule has 1 aromatic carbocycles. The Morgan fingerprint density at radius 3 is 2.12 bits per heavy atom. The molecule has 0 fully saturated rings. The number of amides is 1. The maximum Gasteiger partial charge on any atom is 0.269 e. The number of hydrogen-bond donors (Lipinski definition) is 2. The maximum absolute atomic E-state index is 11.7. The highest BCUT2D eigenvalue weighted by Crippen LogP contribution is 2.18. The maximum atomic E-state index is 11.7. The van der Waals surface area contributed by atoms with Crippen molar-refractivity contribution in [2.24, 2.45) is 11.5 Å². The smallest absolute Gasteiger partial charge is 0.269 e. The second-order valence-corrected chi connectivity index (χ2v) is 5.19. The van der Waals surface area contributed by atoms with Gasteiger partial charge >= 0.3 is 0 Å². The molecule has 17 heavy (non-hydrogen) atoms. The summed E-state index contributed by atoms with van der Waals surface area (Å²) in [6.07, 6.45) is 0. The lowest BCUT2D eigenvalue weighted by molar-refractivity contribution is -0.384. The molecule has 1 unspecified atom stereocenters. The van der Waals surface area contributed by atoms with Crippen molar-refractivity contribution in [3.63, 3.8) is 0 Å². The third kappa shape index (κ3) is 2.57. The van der Waals surface area contributed by atoms with Gasteiger partial charge in [-0.2, -0.15) is 0 Å². The molecule has 0 heterocycles. The van der Waals surface area contributed by atoms with Crippen LogP contribution in [0.25, 0.3) is 0 Å². The van der Waals surface area contributed by atoms with Crippen molar-refractivity contribution in [2.75, 3.05) is 0 Å². The molecular weight excluding hydrogens is 250 g/mol. The summed E-state index contributed by atoms with van der Waals surface area (Å²) in [6, 6.07) is 3.99. The van der Waals surface area contributed by atoms with Gasteiger partial charge in [0.25, 0.3) is 5.69 Å². The fourth-order valence-electron chi connectivity index (χ4n) is 1.06. The van der Waals surface area contributed by atoms with Gasteiger partial charge in [-0.25, -0.2) is 8.42 Å². The minimum absolute atomic E-state index is 0.267. The number of primary amides is 1. The van der Waals surface area contributed by atoms with Crippen LogP contribution in [0.4, 0.5) is 5.69 Å². The number of sulfone groups is 1. The van der Waals surface area contributed by atoms with E-state index in [9.17, 15) is 23.3 Å². The average molecular weight is 259 g/mol. The average Bonchev–Trinajstić information content (AvgIpc) is 2.27. The Morgan fingerprint density at radius 2 is 1.76 bits per heavy atom. The summed E-state index contributed by atoms with van der Waals surface area (Å²) in [5, 5.41) is 8.49. The summed E-state index contributed by atoms with van der Waals surface area (Å²) in [4.78, 5) is 20.1. The number of carbonyl (C=O) groups excluding carboxylic acids is 1. The number of benzene rings is 1. The van der Waals surface area contributed by atoms with E-state index in [0.29, 0.717) is 0 Å². The molecule has 1 rings (SSSR count). The van der Waals surface area contributed by atoms with Crippen LogP contribution in [-0.2, 0) is 14.6 Å². The van der Waals surface area contributed by atoms with Gasteiger partial charge in [0.15, 0.2) is 5.37 Å². The fourth-order valence-corrected chi connectivity index (χ4v) is 2.17. The topological polar surface area (TPSA) is 146 Å².